The molecular formula is C14H20BrClN2O2. The van der Waals surface area contributed by atoms with E-state index < -0.39 is 0 Å². The fourth-order valence-corrected chi connectivity index (χ4v) is 2.84. The SMILES string of the molecule is COc1cc(Br)ccc1C(=O)N1CC(C)NC(C)C1.Cl. The third-order valence-electron chi connectivity index (χ3n) is 3.24. The Balaban J connectivity index is 0.00000200. The van der Waals surface area contributed by atoms with Gasteiger partial charge in [-0.05, 0) is 32.0 Å². The van der Waals surface area contributed by atoms with Crippen molar-refractivity contribution in [1.82, 2.24) is 10.2 Å². The lowest BCUT2D eigenvalue weighted by Gasteiger charge is -2.36. The van der Waals surface area contributed by atoms with Gasteiger partial charge >= 0.3 is 0 Å². The van der Waals surface area contributed by atoms with Crippen LogP contribution < -0.4 is 10.1 Å². The fourth-order valence-electron chi connectivity index (χ4n) is 2.50. The number of nitrogens with one attached hydrogen (secondary N) is 1. The second kappa shape index (κ2) is 7.29. The third-order valence-corrected chi connectivity index (χ3v) is 3.73. The summed E-state index contributed by atoms with van der Waals surface area (Å²) >= 11 is 3.39. The van der Waals surface area contributed by atoms with E-state index in [2.05, 4.69) is 35.1 Å². The lowest BCUT2D eigenvalue weighted by atomic mass is 10.1. The average molecular weight is 364 g/mol. The van der Waals surface area contributed by atoms with Gasteiger partial charge in [-0.15, -0.1) is 12.4 Å². The Morgan fingerprint density at radius 2 is 1.95 bits per heavy atom. The molecule has 1 aliphatic rings. The standard InChI is InChI=1S/C14H19BrN2O2.ClH/c1-9-7-17(8-10(2)16-9)14(18)12-5-4-11(15)6-13(12)19-3;/h4-6,9-10,16H,7-8H2,1-3H3;1H. The fraction of sp³-hybridized carbons (Fsp3) is 0.500. The van der Waals surface area contributed by atoms with E-state index in [9.17, 15) is 4.79 Å². The number of nitrogens with zero attached hydrogens (tertiary/aromatic N) is 1. The first-order valence-electron chi connectivity index (χ1n) is 6.40. The summed E-state index contributed by atoms with van der Waals surface area (Å²) in [5, 5.41) is 3.42. The van der Waals surface area contributed by atoms with Gasteiger partial charge in [0.2, 0.25) is 0 Å². The van der Waals surface area contributed by atoms with Gasteiger partial charge in [0, 0.05) is 29.6 Å². The molecule has 1 aromatic carbocycles. The van der Waals surface area contributed by atoms with Crippen LogP contribution in [0.15, 0.2) is 22.7 Å². The summed E-state index contributed by atoms with van der Waals surface area (Å²) in [7, 11) is 1.58. The van der Waals surface area contributed by atoms with Crippen LogP contribution in [0.5, 0.6) is 5.75 Å². The van der Waals surface area contributed by atoms with E-state index in [1.165, 1.54) is 0 Å². The minimum atomic E-state index is 0. The summed E-state index contributed by atoms with van der Waals surface area (Å²) in [5.74, 6) is 0.641. The average Bonchev–Trinajstić information content (AvgIpc) is 2.36. The van der Waals surface area contributed by atoms with Gasteiger partial charge in [-0.3, -0.25) is 4.79 Å². The minimum absolute atomic E-state index is 0. The highest BCUT2D eigenvalue weighted by atomic mass is 79.9. The molecule has 1 aliphatic heterocycles. The van der Waals surface area contributed by atoms with Crippen molar-refractivity contribution in [1.29, 1.82) is 0 Å². The Morgan fingerprint density at radius 1 is 1.35 bits per heavy atom. The summed E-state index contributed by atoms with van der Waals surface area (Å²) in [4.78, 5) is 14.5. The summed E-state index contributed by atoms with van der Waals surface area (Å²) in [6, 6.07) is 6.12. The molecule has 0 aliphatic carbocycles. The largest absolute Gasteiger partial charge is 0.496 e. The van der Waals surface area contributed by atoms with Crippen LogP contribution in [-0.4, -0.2) is 43.1 Å². The summed E-state index contributed by atoms with van der Waals surface area (Å²) < 4.78 is 6.20. The zero-order valence-electron chi connectivity index (χ0n) is 11.9. The topological polar surface area (TPSA) is 41.6 Å². The van der Waals surface area contributed by atoms with Crippen LogP contribution in [0.3, 0.4) is 0 Å². The van der Waals surface area contributed by atoms with E-state index in [1.54, 1.807) is 7.11 Å². The molecule has 2 unspecified atom stereocenters. The second-order valence-electron chi connectivity index (χ2n) is 5.02. The van der Waals surface area contributed by atoms with E-state index in [-0.39, 0.29) is 18.3 Å². The van der Waals surface area contributed by atoms with Gasteiger partial charge in [0.25, 0.3) is 5.91 Å². The Hall–Kier alpha value is -0.780. The molecule has 1 heterocycles. The highest BCUT2D eigenvalue weighted by molar-refractivity contribution is 9.10. The summed E-state index contributed by atoms with van der Waals surface area (Å²) in [6.45, 7) is 5.63. The smallest absolute Gasteiger partial charge is 0.257 e. The number of methoxy groups -OCH3 is 1. The first kappa shape index (κ1) is 17.3. The number of benzene rings is 1. The zero-order valence-corrected chi connectivity index (χ0v) is 14.3. The van der Waals surface area contributed by atoms with E-state index in [1.807, 2.05) is 23.1 Å². The Kier molecular flexibility index (Phi) is 6.30. The highest BCUT2D eigenvalue weighted by Gasteiger charge is 2.27. The molecule has 2 atom stereocenters. The molecule has 0 spiro atoms. The molecule has 1 aromatic rings. The number of rotatable bonds is 2. The predicted octanol–water partition coefficient (Wildman–Crippen LogP) is 2.70. The van der Waals surface area contributed by atoms with Crippen molar-refractivity contribution < 1.29 is 9.53 Å². The molecular weight excluding hydrogens is 344 g/mol. The van der Waals surface area contributed by atoms with Gasteiger partial charge in [-0.25, -0.2) is 0 Å². The van der Waals surface area contributed by atoms with Gasteiger partial charge in [0.15, 0.2) is 0 Å². The quantitative estimate of drug-likeness (QED) is 0.878. The molecule has 1 saturated heterocycles. The number of carbonyl (C=O) groups is 1. The van der Waals surface area contributed by atoms with Crippen molar-refractivity contribution in [2.45, 2.75) is 25.9 Å². The lowest BCUT2D eigenvalue weighted by molar-refractivity contribution is 0.0670. The van der Waals surface area contributed by atoms with E-state index in [0.29, 0.717) is 23.4 Å². The molecule has 112 valence electrons. The van der Waals surface area contributed by atoms with Crippen molar-refractivity contribution in [3.63, 3.8) is 0 Å². The molecule has 0 radical (unpaired) electrons. The van der Waals surface area contributed by atoms with Crippen LogP contribution in [0.25, 0.3) is 0 Å². The molecule has 2 rings (SSSR count). The van der Waals surface area contributed by atoms with E-state index in [4.69, 9.17) is 4.74 Å². The Labute approximate surface area is 134 Å². The molecule has 1 fully saturated rings. The van der Waals surface area contributed by atoms with Crippen molar-refractivity contribution >= 4 is 34.2 Å². The number of amides is 1. The van der Waals surface area contributed by atoms with E-state index >= 15 is 0 Å². The first-order chi connectivity index (χ1) is 9.01. The maximum Gasteiger partial charge on any atom is 0.257 e. The van der Waals surface area contributed by atoms with Crippen molar-refractivity contribution in [2.24, 2.45) is 0 Å². The monoisotopic (exact) mass is 362 g/mol. The van der Waals surface area contributed by atoms with Crippen LogP contribution in [0, 0.1) is 0 Å². The molecule has 20 heavy (non-hydrogen) atoms. The minimum Gasteiger partial charge on any atom is -0.496 e. The van der Waals surface area contributed by atoms with Crippen molar-refractivity contribution in [3.8, 4) is 5.75 Å². The molecule has 4 nitrogen and oxygen atoms in total. The van der Waals surface area contributed by atoms with Crippen LogP contribution in [0.1, 0.15) is 24.2 Å². The Bertz CT molecular complexity index is 474. The molecule has 0 bridgehead atoms. The van der Waals surface area contributed by atoms with Crippen molar-refractivity contribution in [2.75, 3.05) is 20.2 Å². The number of hydrogen-bond donors (Lipinski definition) is 1. The maximum absolute atomic E-state index is 12.6. The maximum atomic E-state index is 12.6. The van der Waals surface area contributed by atoms with Crippen LogP contribution in [0.2, 0.25) is 0 Å². The molecule has 6 heteroatoms. The van der Waals surface area contributed by atoms with Crippen LogP contribution >= 0.6 is 28.3 Å². The summed E-state index contributed by atoms with van der Waals surface area (Å²) in [6.07, 6.45) is 0. The Morgan fingerprint density at radius 3 is 2.50 bits per heavy atom. The molecule has 0 aromatic heterocycles. The van der Waals surface area contributed by atoms with Crippen molar-refractivity contribution in [3.05, 3.63) is 28.2 Å². The first-order valence-corrected chi connectivity index (χ1v) is 7.19. The van der Waals surface area contributed by atoms with Gasteiger partial charge < -0.3 is 15.0 Å². The number of carbonyl (C=O) groups excluding carboxylic acids is 1. The number of halogens is 2. The normalized spacial score (nSPS) is 22.1. The van der Waals surface area contributed by atoms with Gasteiger partial charge in [0.1, 0.15) is 5.75 Å². The lowest BCUT2D eigenvalue weighted by Crippen LogP contribution is -2.55. The predicted molar refractivity (Wildman–Crippen MR) is 85.9 cm³/mol. The van der Waals surface area contributed by atoms with Gasteiger partial charge in [0.05, 0.1) is 12.7 Å². The zero-order chi connectivity index (χ0) is 14.0. The van der Waals surface area contributed by atoms with E-state index in [0.717, 1.165) is 17.6 Å². The number of hydrogen-bond acceptors (Lipinski definition) is 3. The second-order valence-corrected chi connectivity index (χ2v) is 5.94. The van der Waals surface area contributed by atoms with Gasteiger partial charge in [-0.2, -0.15) is 0 Å². The van der Waals surface area contributed by atoms with Gasteiger partial charge in [-0.1, -0.05) is 15.9 Å². The highest BCUT2D eigenvalue weighted by Crippen LogP contribution is 2.25. The summed E-state index contributed by atoms with van der Waals surface area (Å²) in [5.41, 5.74) is 0.618. The number of ether oxygens (including phenoxy) is 1. The van der Waals surface area contributed by atoms with Crippen LogP contribution in [0.4, 0.5) is 0 Å². The molecule has 1 amide bonds. The van der Waals surface area contributed by atoms with Crippen LogP contribution in [-0.2, 0) is 0 Å². The molecule has 1 N–H and O–H groups in total. The molecule has 0 saturated carbocycles. The number of piperazine rings is 1. The third kappa shape index (κ3) is 3.87.